The lowest BCUT2D eigenvalue weighted by molar-refractivity contribution is 0.412. The average Bonchev–Trinajstić information content (AvgIpc) is 2.30. The van der Waals surface area contributed by atoms with Gasteiger partial charge in [0.2, 0.25) is 0 Å². The van der Waals surface area contributed by atoms with E-state index < -0.39 is 0 Å². The molecule has 1 rings (SSSR count). The van der Waals surface area contributed by atoms with Crippen molar-refractivity contribution in [3.8, 4) is 5.75 Å². The second kappa shape index (κ2) is 6.38. The minimum Gasteiger partial charge on any atom is -0.496 e. The van der Waals surface area contributed by atoms with Crippen LogP contribution in [0.3, 0.4) is 0 Å². The summed E-state index contributed by atoms with van der Waals surface area (Å²) < 4.78 is 5.22. The van der Waals surface area contributed by atoms with Crippen molar-refractivity contribution >= 4 is 5.69 Å². The smallest absolute Gasteiger partial charge is 0.121 e. The molecule has 3 nitrogen and oxygen atoms in total. The van der Waals surface area contributed by atoms with E-state index in [0.29, 0.717) is 5.92 Å². The molecule has 0 saturated carbocycles. The molecule has 1 atom stereocenters. The summed E-state index contributed by atoms with van der Waals surface area (Å²) in [7, 11) is 1.69. The highest BCUT2D eigenvalue weighted by atomic mass is 16.5. The Labute approximate surface area is 98.0 Å². The van der Waals surface area contributed by atoms with E-state index >= 15 is 0 Å². The maximum atomic E-state index is 5.66. The molecule has 0 aliphatic carbocycles. The Morgan fingerprint density at radius 3 is 2.69 bits per heavy atom. The summed E-state index contributed by atoms with van der Waals surface area (Å²) in [6.45, 7) is 5.88. The zero-order valence-electron chi connectivity index (χ0n) is 10.4. The molecule has 0 heterocycles. The lowest BCUT2D eigenvalue weighted by Gasteiger charge is -2.15. The molecule has 0 fully saturated rings. The summed E-state index contributed by atoms with van der Waals surface area (Å²) in [6.07, 6.45) is 1.11. The van der Waals surface area contributed by atoms with Crippen molar-refractivity contribution in [2.45, 2.75) is 20.3 Å². The highest BCUT2D eigenvalue weighted by Crippen LogP contribution is 2.21. The lowest BCUT2D eigenvalue weighted by atomic mass is 10.1. The van der Waals surface area contributed by atoms with Gasteiger partial charge in [-0.3, -0.25) is 0 Å². The van der Waals surface area contributed by atoms with E-state index in [1.54, 1.807) is 7.11 Å². The first-order chi connectivity index (χ1) is 7.71. The van der Waals surface area contributed by atoms with E-state index in [4.69, 9.17) is 10.5 Å². The summed E-state index contributed by atoms with van der Waals surface area (Å²) in [5.74, 6) is 1.47. The van der Waals surface area contributed by atoms with Gasteiger partial charge >= 0.3 is 0 Å². The monoisotopic (exact) mass is 222 g/mol. The summed E-state index contributed by atoms with van der Waals surface area (Å²) in [6, 6.07) is 6.12. The van der Waals surface area contributed by atoms with Crippen molar-refractivity contribution in [2.24, 2.45) is 11.7 Å². The van der Waals surface area contributed by atoms with Gasteiger partial charge in [-0.15, -0.1) is 0 Å². The molecule has 0 aliphatic rings. The molecule has 3 heteroatoms. The van der Waals surface area contributed by atoms with E-state index in [1.807, 2.05) is 19.1 Å². The van der Waals surface area contributed by atoms with E-state index in [1.165, 1.54) is 0 Å². The number of ether oxygens (including phenoxy) is 1. The number of methoxy groups -OCH3 is 1. The van der Waals surface area contributed by atoms with Gasteiger partial charge in [0.15, 0.2) is 0 Å². The number of hydrogen-bond donors (Lipinski definition) is 2. The Hall–Kier alpha value is -1.22. The van der Waals surface area contributed by atoms with E-state index in [9.17, 15) is 0 Å². The van der Waals surface area contributed by atoms with Gasteiger partial charge in [-0.2, -0.15) is 0 Å². The normalized spacial score (nSPS) is 12.2. The van der Waals surface area contributed by atoms with E-state index in [-0.39, 0.29) is 0 Å². The first kappa shape index (κ1) is 12.8. The van der Waals surface area contributed by atoms with Crippen LogP contribution >= 0.6 is 0 Å². The molecule has 1 aromatic rings. The quantitative estimate of drug-likeness (QED) is 0.777. The van der Waals surface area contributed by atoms with E-state index in [2.05, 4.69) is 18.3 Å². The fourth-order valence-electron chi connectivity index (χ4n) is 1.64. The van der Waals surface area contributed by atoms with Gasteiger partial charge in [0.25, 0.3) is 0 Å². The van der Waals surface area contributed by atoms with Crippen LogP contribution in [0.4, 0.5) is 5.69 Å². The fourth-order valence-corrected chi connectivity index (χ4v) is 1.64. The third kappa shape index (κ3) is 3.42. The van der Waals surface area contributed by atoms with Crippen molar-refractivity contribution in [2.75, 3.05) is 25.5 Å². The first-order valence-electron chi connectivity index (χ1n) is 5.79. The van der Waals surface area contributed by atoms with E-state index in [0.717, 1.165) is 36.5 Å². The molecule has 1 aromatic carbocycles. The third-order valence-electron chi connectivity index (χ3n) is 2.90. The Kier molecular flexibility index (Phi) is 5.12. The molecule has 16 heavy (non-hydrogen) atoms. The van der Waals surface area contributed by atoms with Crippen LogP contribution < -0.4 is 15.8 Å². The summed E-state index contributed by atoms with van der Waals surface area (Å²) in [5, 5.41) is 3.40. The molecule has 3 N–H and O–H groups in total. The largest absolute Gasteiger partial charge is 0.496 e. The van der Waals surface area contributed by atoms with Gasteiger partial charge in [0.05, 0.1) is 7.11 Å². The predicted octanol–water partition coefficient (Wildman–Crippen LogP) is 2.40. The van der Waals surface area contributed by atoms with Crippen LogP contribution in [0.2, 0.25) is 0 Å². The Morgan fingerprint density at radius 2 is 2.19 bits per heavy atom. The number of benzene rings is 1. The van der Waals surface area contributed by atoms with Gasteiger partial charge in [-0.25, -0.2) is 0 Å². The first-order valence-corrected chi connectivity index (χ1v) is 5.79. The van der Waals surface area contributed by atoms with Gasteiger partial charge in [-0.05, 0) is 43.1 Å². The highest BCUT2D eigenvalue weighted by Gasteiger charge is 2.04. The van der Waals surface area contributed by atoms with Crippen LogP contribution in [0.5, 0.6) is 5.75 Å². The standard InChI is InChI=1S/C13H22N2O/c1-4-11(8-14)9-15-12-5-6-13(16-3)10(2)7-12/h5-7,11,15H,4,8-9,14H2,1-3H3. The summed E-state index contributed by atoms with van der Waals surface area (Å²) >= 11 is 0. The average molecular weight is 222 g/mol. The van der Waals surface area contributed by atoms with Crippen LogP contribution in [0, 0.1) is 12.8 Å². The Balaban J connectivity index is 2.58. The second-order valence-electron chi connectivity index (χ2n) is 4.08. The van der Waals surface area contributed by atoms with Gasteiger partial charge in [0, 0.05) is 12.2 Å². The maximum absolute atomic E-state index is 5.66. The molecule has 90 valence electrons. The van der Waals surface area contributed by atoms with Gasteiger partial charge < -0.3 is 15.8 Å². The van der Waals surface area contributed by atoms with Crippen molar-refractivity contribution in [1.82, 2.24) is 0 Å². The molecule has 0 radical (unpaired) electrons. The van der Waals surface area contributed by atoms with Gasteiger partial charge in [0.1, 0.15) is 5.75 Å². The lowest BCUT2D eigenvalue weighted by Crippen LogP contribution is -2.22. The topological polar surface area (TPSA) is 47.3 Å². The van der Waals surface area contributed by atoms with Crippen LogP contribution in [-0.2, 0) is 0 Å². The number of nitrogens with one attached hydrogen (secondary N) is 1. The van der Waals surface area contributed by atoms with Gasteiger partial charge in [-0.1, -0.05) is 13.3 Å². The second-order valence-corrected chi connectivity index (χ2v) is 4.08. The van der Waals surface area contributed by atoms with Crippen molar-refractivity contribution in [1.29, 1.82) is 0 Å². The van der Waals surface area contributed by atoms with Crippen molar-refractivity contribution in [3.05, 3.63) is 23.8 Å². The van der Waals surface area contributed by atoms with Crippen molar-refractivity contribution in [3.63, 3.8) is 0 Å². The van der Waals surface area contributed by atoms with Crippen LogP contribution in [-0.4, -0.2) is 20.2 Å². The predicted molar refractivity (Wildman–Crippen MR) is 69.1 cm³/mol. The molecular weight excluding hydrogens is 200 g/mol. The molecule has 0 aromatic heterocycles. The minimum atomic E-state index is 0.544. The highest BCUT2D eigenvalue weighted by molar-refractivity contribution is 5.50. The molecule has 0 bridgehead atoms. The number of rotatable bonds is 6. The summed E-state index contributed by atoms with van der Waals surface area (Å²) in [5.41, 5.74) is 7.94. The summed E-state index contributed by atoms with van der Waals surface area (Å²) in [4.78, 5) is 0. The Bertz CT molecular complexity index is 322. The number of nitrogens with two attached hydrogens (primary N) is 1. The third-order valence-corrected chi connectivity index (χ3v) is 2.90. The molecule has 0 saturated heterocycles. The molecule has 1 unspecified atom stereocenters. The minimum absolute atomic E-state index is 0.544. The number of aryl methyl sites for hydroxylation is 1. The zero-order valence-corrected chi connectivity index (χ0v) is 10.4. The number of anilines is 1. The van der Waals surface area contributed by atoms with Crippen LogP contribution in [0.25, 0.3) is 0 Å². The van der Waals surface area contributed by atoms with Crippen LogP contribution in [0.15, 0.2) is 18.2 Å². The SMILES string of the molecule is CCC(CN)CNc1ccc(OC)c(C)c1. The van der Waals surface area contributed by atoms with Crippen molar-refractivity contribution < 1.29 is 4.74 Å². The molecular formula is C13H22N2O. The van der Waals surface area contributed by atoms with Crippen LogP contribution in [0.1, 0.15) is 18.9 Å². The maximum Gasteiger partial charge on any atom is 0.121 e. The molecule has 0 spiro atoms. The molecule has 0 aliphatic heterocycles. The zero-order chi connectivity index (χ0) is 12.0. The Morgan fingerprint density at radius 1 is 1.44 bits per heavy atom. The number of hydrogen-bond acceptors (Lipinski definition) is 3. The fraction of sp³-hybridized carbons (Fsp3) is 0.538. The molecule has 0 amide bonds.